The lowest BCUT2D eigenvalue weighted by molar-refractivity contribution is -0.147. The standard InChI is InChI=1S/C10H21NO2/c1-3-4-5-6-7-13-10(12)9(2)8-11/h9H,3-8,11H2,1-2H3/t9-/m0/s1. The van der Waals surface area contributed by atoms with Crippen LogP contribution in [0.2, 0.25) is 0 Å². The molecule has 0 aliphatic heterocycles. The second-order valence-corrected chi connectivity index (χ2v) is 3.36. The van der Waals surface area contributed by atoms with E-state index in [4.69, 9.17) is 10.5 Å². The van der Waals surface area contributed by atoms with E-state index in [1.807, 2.05) is 0 Å². The van der Waals surface area contributed by atoms with Gasteiger partial charge >= 0.3 is 5.97 Å². The quantitative estimate of drug-likeness (QED) is 0.487. The van der Waals surface area contributed by atoms with Gasteiger partial charge in [-0.25, -0.2) is 0 Å². The van der Waals surface area contributed by atoms with Crippen LogP contribution in [0.25, 0.3) is 0 Å². The van der Waals surface area contributed by atoms with Crippen molar-refractivity contribution >= 4 is 5.97 Å². The van der Waals surface area contributed by atoms with Crippen molar-refractivity contribution in [1.82, 2.24) is 0 Å². The third kappa shape index (κ3) is 6.58. The Morgan fingerprint density at radius 2 is 2.08 bits per heavy atom. The molecule has 0 heterocycles. The van der Waals surface area contributed by atoms with Crippen LogP contribution < -0.4 is 5.73 Å². The van der Waals surface area contributed by atoms with Crippen LogP contribution >= 0.6 is 0 Å². The van der Waals surface area contributed by atoms with Crippen molar-refractivity contribution < 1.29 is 9.53 Å². The van der Waals surface area contributed by atoms with Crippen LogP contribution in [0.15, 0.2) is 0 Å². The molecule has 0 radical (unpaired) electrons. The van der Waals surface area contributed by atoms with Gasteiger partial charge in [0.15, 0.2) is 0 Å². The Hall–Kier alpha value is -0.570. The van der Waals surface area contributed by atoms with Crippen LogP contribution in [0.1, 0.15) is 39.5 Å². The SMILES string of the molecule is CCCCCCOC(=O)[C@@H](C)CN. The summed E-state index contributed by atoms with van der Waals surface area (Å²) in [6.45, 7) is 4.86. The fraction of sp³-hybridized carbons (Fsp3) is 0.900. The molecule has 3 nitrogen and oxygen atoms in total. The van der Waals surface area contributed by atoms with Crippen molar-refractivity contribution in [1.29, 1.82) is 0 Å². The Labute approximate surface area is 80.6 Å². The van der Waals surface area contributed by atoms with Gasteiger partial charge in [-0.05, 0) is 6.42 Å². The second kappa shape index (κ2) is 8.05. The smallest absolute Gasteiger partial charge is 0.309 e. The van der Waals surface area contributed by atoms with Gasteiger partial charge in [-0.1, -0.05) is 33.1 Å². The van der Waals surface area contributed by atoms with E-state index in [9.17, 15) is 4.79 Å². The van der Waals surface area contributed by atoms with Gasteiger partial charge in [0.25, 0.3) is 0 Å². The summed E-state index contributed by atoms with van der Waals surface area (Å²) in [4.78, 5) is 11.1. The number of ether oxygens (including phenoxy) is 1. The first-order valence-electron chi connectivity index (χ1n) is 5.09. The normalized spacial score (nSPS) is 12.5. The molecule has 78 valence electrons. The molecular weight excluding hydrogens is 166 g/mol. The van der Waals surface area contributed by atoms with Gasteiger partial charge in [-0.15, -0.1) is 0 Å². The molecule has 0 saturated carbocycles. The van der Waals surface area contributed by atoms with Gasteiger partial charge in [0, 0.05) is 6.54 Å². The minimum absolute atomic E-state index is 0.161. The fourth-order valence-corrected chi connectivity index (χ4v) is 0.940. The van der Waals surface area contributed by atoms with E-state index in [-0.39, 0.29) is 11.9 Å². The number of hydrogen-bond donors (Lipinski definition) is 1. The Morgan fingerprint density at radius 1 is 1.38 bits per heavy atom. The minimum atomic E-state index is -0.168. The Bertz CT molecular complexity index is 137. The molecule has 0 aromatic rings. The molecule has 13 heavy (non-hydrogen) atoms. The molecule has 0 rings (SSSR count). The third-order valence-corrected chi connectivity index (χ3v) is 2.00. The Morgan fingerprint density at radius 3 is 2.62 bits per heavy atom. The van der Waals surface area contributed by atoms with Crippen LogP contribution in [0.5, 0.6) is 0 Å². The van der Waals surface area contributed by atoms with Crippen LogP contribution in [-0.2, 0) is 9.53 Å². The van der Waals surface area contributed by atoms with Crippen LogP contribution in [0.3, 0.4) is 0 Å². The largest absolute Gasteiger partial charge is 0.465 e. The maximum Gasteiger partial charge on any atom is 0.309 e. The van der Waals surface area contributed by atoms with E-state index < -0.39 is 0 Å². The highest BCUT2D eigenvalue weighted by Crippen LogP contribution is 2.01. The van der Waals surface area contributed by atoms with Crippen LogP contribution in [0, 0.1) is 5.92 Å². The summed E-state index contributed by atoms with van der Waals surface area (Å²) < 4.78 is 5.02. The average molecular weight is 187 g/mol. The van der Waals surface area contributed by atoms with Gasteiger partial charge in [0.2, 0.25) is 0 Å². The Balaban J connectivity index is 3.27. The molecule has 0 aliphatic carbocycles. The predicted molar refractivity (Wildman–Crippen MR) is 53.3 cm³/mol. The zero-order valence-electron chi connectivity index (χ0n) is 8.71. The number of esters is 1. The maximum absolute atomic E-state index is 11.1. The van der Waals surface area contributed by atoms with E-state index in [1.165, 1.54) is 12.8 Å². The topological polar surface area (TPSA) is 52.3 Å². The molecule has 0 aromatic heterocycles. The molecule has 1 atom stereocenters. The first kappa shape index (κ1) is 12.4. The molecule has 0 bridgehead atoms. The highest BCUT2D eigenvalue weighted by molar-refractivity contribution is 5.72. The molecule has 3 heteroatoms. The number of carbonyl (C=O) groups excluding carboxylic acids is 1. The zero-order valence-corrected chi connectivity index (χ0v) is 8.71. The van der Waals surface area contributed by atoms with Gasteiger partial charge in [0.05, 0.1) is 12.5 Å². The van der Waals surface area contributed by atoms with E-state index in [0.29, 0.717) is 13.2 Å². The van der Waals surface area contributed by atoms with E-state index in [2.05, 4.69) is 6.92 Å². The lowest BCUT2D eigenvalue weighted by Gasteiger charge is -2.08. The number of carbonyl (C=O) groups is 1. The molecule has 0 fully saturated rings. The third-order valence-electron chi connectivity index (χ3n) is 2.00. The van der Waals surface area contributed by atoms with Gasteiger partial charge in [-0.2, -0.15) is 0 Å². The van der Waals surface area contributed by atoms with Crippen molar-refractivity contribution in [2.45, 2.75) is 39.5 Å². The highest BCUT2D eigenvalue weighted by Gasteiger charge is 2.11. The highest BCUT2D eigenvalue weighted by atomic mass is 16.5. The summed E-state index contributed by atoms with van der Waals surface area (Å²) in [5.41, 5.74) is 5.32. The van der Waals surface area contributed by atoms with Crippen molar-refractivity contribution in [3.05, 3.63) is 0 Å². The lowest BCUT2D eigenvalue weighted by atomic mass is 10.2. The van der Waals surface area contributed by atoms with E-state index >= 15 is 0 Å². The van der Waals surface area contributed by atoms with Crippen molar-refractivity contribution in [3.8, 4) is 0 Å². The van der Waals surface area contributed by atoms with E-state index in [0.717, 1.165) is 12.8 Å². The summed E-state index contributed by atoms with van der Waals surface area (Å²) in [7, 11) is 0. The molecule has 0 amide bonds. The van der Waals surface area contributed by atoms with Gasteiger partial charge < -0.3 is 10.5 Å². The number of hydrogen-bond acceptors (Lipinski definition) is 3. The van der Waals surface area contributed by atoms with Gasteiger partial charge in [-0.3, -0.25) is 4.79 Å². The molecule has 0 saturated heterocycles. The van der Waals surface area contributed by atoms with E-state index in [1.54, 1.807) is 6.92 Å². The van der Waals surface area contributed by atoms with Crippen molar-refractivity contribution in [3.63, 3.8) is 0 Å². The Kier molecular flexibility index (Phi) is 7.69. The lowest BCUT2D eigenvalue weighted by Crippen LogP contribution is -2.23. The fourth-order valence-electron chi connectivity index (χ4n) is 0.940. The summed E-state index contributed by atoms with van der Waals surface area (Å²) in [6.07, 6.45) is 4.52. The molecule has 0 aliphatic rings. The summed E-state index contributed by atoms with van der Waals surface area (Å²) >= 11 is 0. The molecular formula is C10H21NO2. The summed E-state index contributed by atoms with van der Waals surface area (Å²) in [6, 6.07) is 0. The van der Waals surface area contributed by atoms with Crippen molar-refractivity contribution in [2.75, 3.05) is 13.2 Å². The monoisotopic (exact) mass is 187 g/mol. The van der Waals surface area contributed by atoms with Gasteiger partial charge in [0.1, 0.15) is 0 Å². The number of nitrogens with two attached hydrogens (primary N) is 1. The molecule has 2 N–H and O–H groups in total. The first-order chi connectivity index (χ1) is 6.22. The molecule has 0 aromatic carbocycles. The second-order valence-electron chi connectivity index (χ2n) is 3.36. The summed E-state index contributed by atoms with van der Waals surface area (Å²) in [5.74, 6) is -0.329. The zero-order chi connectivity index (χ0) is 10.1. The molecule has 0 unspecified atom stereocenters. The van der Waals surface area contributed by atoms with Crippen LogP contribution in [0.4, 0.5) is 0 Å². The number of unbranched alkanes of at least 4 members (excludes halogenated alkanes) is 3. The number of rotatable bonds is 7. The predicted octanol–water partition coefficient (Wildman–Crippen LogP) is 1.70. The minimum Gasteiger partial charge on any atom is -0.465 e. The van der Waals surface area contributed by atoms with Crippen molar-refractivity contribution in [2.24, 2.45) is 11.7 Å². The average Bonchev–Trinajstić information content (AvgIpc) is 2.16. The maximum atomic E-state index is 11.1. The molecule has 0 spiro atoms. The van der Waals surface area contributed by atoms with Crippen LogP contribution in [-0.4, -0.2) is 19.1 Å². The summed E-state index contributed by atoms with van der Waals surface area (Å²) in [5, 5.41) is 0. The first-order valence-corrected chi connectivity index (χ1v) is 5.09.